The van der Waals surface area contributed by atoms with E-state index in [0.717, 1.165) is 22.9 Å². The molecule has 158 valence electrons. The minimum atomic E-state index is -0.187. The zero-order chi connectivity index (χ0) is 21.2. The summed E-state index contributed by atoms with van der Waals surface area (Å²) in [5, 5.41) is 2.86. The van der Waals surface area contributed by atoms with Gasteiger partial charge in [-0.2, -0.15) is 0 Å². The lowest BCUT2D eigenvalue weighted by molar-refractivity contribution is -0.123. The van der Waals surface area contributed by atoms with E-state index in [1.807, 2.05) is 36.4 Å². The Balaban J connectivity index is 1.84. The molecule has 0 heterocycles. The van der Waals surface area contributed by atoms with Gasteiger partial charge in [-0.3, -0.25) is 4.79 Å². The van der Waals surface area contributed by atoms with Crippen molar-refractivity contribution < 1.29 is 19.0 Å². The molecule has 0 saturated carbocycles. The van der Waals surface area contributed by atoms with Crippen LogP contribution in [0.25, 0.3) is 0 Å². The van der Waals surface area contributed by atoms with Crippen LogP contribution in [-0.2, 0) is 17.8 Å². The van der Waals surface area contributed by atoms with E-state index < -0.39 is 0 Å². The van der Waals surface area contributed by atoms with Gasteiger partial charge in [0.15, 0.2) is 18.1 Å². The second kappa shape index (κ2) is 11.7. The van der Waals surface area contributed by atoms with Gasteiger partial charge >= 0.3 is 0 Å². The highest BCUT2D eigenvalue weighted by Gasteiger charge is 2.09. The van der Waals surface area contributed by atoms with Crippen molar-refractivity contribution in [3.8, 4) is 17.2 Å². The molecule has 0 aromatic heterocycles. The lowest BCUT2D eigenvalue weighted by atomic mass is 10.1. The van der Waals surface area contributed by atoms with Crippen LogP contribution in [0.2, 0.25) is 0 Å². The molecule has 2 rings (SSSR count). The molecule has 5 nitrogen and oxygen atoms in total. The van der Waals surface area contributed by atoms with Gasteiger partial charge in [-0.1, -0.05) is 32.9 Å². The van der Waals surface area contributed by atoms with E-state index in [4.69, 9.17) is 14.2 Å². The van der Waals surface area contributed by atoms with Crippen molar-refractivity contribution >= 4 is 21.8 Å². The smallest absolute Gasteiger partial charge is 0.258 e. The first kappa shape index (κ1) is 23.1. The van der Waals surface area contributed by atoms with Crippen molar-refractivity contribution in [2.24, 2.45) is 5.92 Å². The number of methoxy groups -OCH3 is 1. The molecular formula is C23H30BrNO4. The Morgan fingerprint density at radius 3 is 2.41 bits per heavy atom. The Labute approximate surface area is 181 Å². The van der Waals surface area contributed by atoms with Gasteiger partial charge in [0.2, 0.25) is 0 Å². The fraction of sp³-hybridized carbons (Fsp3) is 0.435. The molecule has 0 atom stereocenters. The summed E-state index contributed by atoms with van der Waals surface area (Å²) in [5.74, 6) is 2.43. The number of amides is 1. The van der Waals surface area contributed by atoms with Gasteiger partial charge in [-0.25, -0.2) is 0 Å². The highest BCUT2D eigenvalue weighted by atomic mass is 79.9. The molecule has 1 amide bonds. The van der Waals surface area contributed by atoms with Crippen LogP contribution in [0.5, 0.6) is 17.2 Å². The summed E-state index contributed by atoms with van der Waals surface area (Å²) in [6, 6.07) is 11.6. The van der Waals surface area contributed by atoms with E-state index >= 15 is 0 Å². The molecule has 0 aliphatic heterocycles. The van der Waals surface area contributed by atoms with Gasteiger partial charge in [0.25, 0.3) is 5.91 Å². The summed E-state index contributed by atoms with van der Waals surface area (Å²) < 4.78 is 17.7. The number of carbonyl (C=O) groups excluding carboxylic acids is 1. The third-order valence-corrected chi connectivity index (χ3v) is 5.05. The van der Waals surface area contributed by atoms with Gasteiger partial charge in [-0.15, -0.1) is 0 Å². The van der Waals surface area contributed by atoms with Crippen LogP contribution in [0.3, 0.4) is 0 Å². The van der Waals surface area contributed by atoms with Crippen LogP contribution in [-0.4, -0.2) is 26.2 Å². The standard InChI is InChI=1S/C23H30BrNO4/c1-5-17-6-8-20(19(24)12-17)29-15-23(26)25-14-18-7-9-21(22(13-18)27-4)28-11-10-16(2)3/h6-9,12-13,16H,5,10-11,14-15H2,1-4H3,(H,25,26). The number of halogens is 1. The minimum absolute atomic E-state index is 0.0440. The van der Waals surface area contributed by atoms with Crippen molar-refractivity contribution in [2.75, 3.05) is 20.3 Å². The van der Waals surface area contributed by atoms with Gasteiger partial charge in [0, 0.05) is 6.54 Å². The van der Waals surface area contributed by atoms with Crippen molar-refractivity contribution in [1.29, 1.82) is 0 Å². The molecule has 2 aromatic carbocycles. The van der Waals surface area contributed by atoms with E-state index in [9.17, 15) is 4.79 Å². The van der Waals surface area contributed by atoms with E-state index in [-0.39, 0.29) is 12.5 Å². The van der Waals surface area contributed by atoms with Crippen LogP contribution in [0.1, 0.15) is 38.3 Å². The molecule has 0 radical (unpaired) electrons. The van der Waals surface area contributed by atoms with E-state index in [2.05, 4.69) is 42.0 Å². The summed E-state index contributed by atoms with van der Waals surface area (Å²) in [5.41, 5.74) is 2.14. The Kier molecular flexibility index (Phi) is 9.32. The number of ether oxygens (including phenoxy) is 3. The topological polar surface area (TPSA) is 56.8 Å². The van der Waals surface area contributed by atoms with Crippen LogP contribution < -0.4 is 19.5 Å². The van der Waals surface area contributed by atoms with Crippen LogP contribution in [0.15, 0.2) is 40.9 Å². The first-order valence-corrected chi connectivity index (χ1v) is 10.7. The van der Waals surface area contributed by atoms with E-state index in [0.29, 0.717) is 36.3 Å². The molecule has 1 N–H and O–H groups in total. The first-order valence-electron chi connectivity index (χ1n) is 9.90. The number of carbonyl (C=O) groups is 1. The largest absolute Gasteiger partial charge is 0.493 e. The number of hydrogen-bond donors (Lipinski definition) is 1. The van der Waals surface area contributed by atoms with Gasteiger partial charge < -0.3 is 19.5 Å². The maximum Gasteiger partial charge on any atom is 0.258 e. The second-order valence-electron chi connectivity index (χ2n) is 7.20. The molecule has 0 saturated heterocycles. The van der Waals surface area contributed by atoms with Gasteiger partial charge in [-0.05, 0) is 70.1 Å². The molecule has 6 heteroatoms. The molecular weight excluding hydrogens is 434 g/mol. The summed E-state index contributed by atoms with van der Waals surface area (Å²) in [4.78, 5) is 12.1. The van der Waals surface area contributed by atoms with Gasteiger partial charge in [0.05, 0.1) is 18.2 Å². The summed E-state index contributed by atoms with van der Waals surface area (Å²) in [6.07, 6.45) is 1.93. The van der Waals surface area contributed by atoms with Gasteiger partial charge in [0.1, 0.15) is 5.75 Å². The highest BCUT2D eigenvalue weighted by Crippen LogP contribution is 2.28. The van der Waals surface area contributed by atoms with Crippen LogP contribution >= 0.6 is 15.9 Å². The molecule has 0 bridgehead atoms. The normalized spacial score (nSPS) is 10.7. The van der Waals surface area contributed by atoms with Crippen molar-refractivity contribution in [2.45, 2.75) is 40.2 Å². The Morgan fingerprint density at radius 1 is 1.03 bits per heavy atom. The zero-order valence-electron chi connectivity index (χ0n) is 17.6. The van der Waals surface area contributed by atoms with Crippen molar-refractivity contribution in [1.82, 2.24) is 5.32 Å². The Bertz CT molecular complexity index is 807. The summed E-state index contributed by atoms with van der Waals surface area (Å²) in [7, 11) is 1.61. The lowest BCUT2D eigenvalue weighted by Crippen LogP contribution is -2.28. The fourth-order valence-corrected chi connectivity index (χ4v) is 3.16. The number of rotatable bonds is 11. The summed E-state index contributed by atoms with van der Waals surface area (Å²) in [6.45, 7) is 7.41. The number of hydrogen-bond acceptors (Lipinski definition) is 4. The molecule has 0 fully saturated rings. The second-order valence-corrected chi connectivity index (χ2v) is 8.05. The average Bonchev–Trinajstić information content (AvgIpc) is 2.71. The molecule has 29 heavy (non-hydrogen) atoms. The van der Waals surface area contributed by atoms with Crippen molar-refractivity contribution in [3.63, 3.8) is 0 Å². The maximum absolute atomic E-state index is 12.1. The average molecular weight is 464 g/mol. The number of benzene rings is 2. The quantitative estimate of drug-likeness (QED) is 0.501. The van der Waals surface area contributed by atoms with E-state index in [1.54, 1.807) is 7.11 Å². The predicted molar refractivity (Wildman–Crippen MR) is 119 cm³/mol. The Hall–Kier alpha value is -2.21. The van der Waals surface area contributed by atoms with Crippen LogP contribution in [0.4, 0.5) is 0 Å². The first-order chi connectivity index (χ1) is 13.9. The maximum atomic E-state index is 12.1. The molecule has 0 unspecified atom stereocenters. The lowest BCUT2D eigenvalue weighted by Gasteiger charge is -2.14. The van der Waals surface area contributed by atoms with Crippen molar-refractivity contribution in [3.05, 3.63) is 52.0 Å². The zero-order valence-corrected chi connectivity index (χ0v) is 19.2. The predicted octanol–water partition coefficient (Wildman–Crippen LogP) is 5.14. The third-order valence-electron chi connectivity index (χ3n) is 4.43. The number of aryl methyl sites for hydroxylation is 1. The third kappa shape index (κ3) is 7.61. The highest BCUT2D eigenvalue weighted by molar-refractivity contribution is 9.10. The fourth-order valence-electron chi connectivity index (χ4n) is 2.62. The minimum Gasteiger partial charge on any atom is -0.493 e. The molecule has 2 aromatic rings. The van der Waals surface area contributed by atoms with Crippen LogP contribution in [0, 0.1) is 5.92 Å². The summed E-state index contributed by atoms with van der Waals surface area (Å²) >= 11 is 3.48. The SMILES string of the molecule is CCc1ccc(OCC(=O)NCc2ccc(OCCC(C)C)c(OC)c2)c(Br)c1. The number of nitrogens with one attached hydrogen (secondary N) is 1. The Morgan fingerprint density at radius 2 is 1.76 bits per heavy atom. The van der Waals surface area contributed by atoms with E-state index in [1.165, 1.54) is 5.56 Å². The molecule has 0 spiro atoms. The molecule has 0 aliphatic rings. The molecule has 0 aliphatic carbocycles. The monoisotopic (exact) mass is 463 g/mol.